The first-order valence-electron chi connectivity index (χ1n) is 9.33. The van der Waals surface area contributed by atoms with Crippen molar-refractivity contribution < 1.29 is 9.32 Å². The summed E-state index contributed by atoms with van der Waals surface area (Å²) in [6.45, 7) is 3.72. The third-order valence-corrected chi connectivity index (χ3v) is 5.20. The van der Waals surface area contributed by atoms with Crippen LogP contribution < -0.4 is 0 Å². The van der Waals surface area contributed by atoms with Gasteiger partial charge in [-0.05, 0) is 44.1 Å². The van der Waals surface area contributed by atoms with Crippen LogP contribution in [0.15, 0.2) is 28.8 Å². The van der Waals surface area contributed by atoms with Crippen LogP contribution in [-0.4, -0.2) is 34.0 Å². The predicted molar refractivity (Wildman–Crippen MR) is 94.2 cm³/mol. The molecular formula is C20H25N3O2. The van der Waals surface area contributed by atoms with Gasteiger partial charge in [0.25, 0.3) is 0 Å². The number of hydrogen-bond acceptors (Lipinski definition) is 4. The number of likely N-dealkylation sites (tertiary alicyclic amines) is 1. The molecule has 2 fully saturated rings. The van der Waals surface area contributed by atoms with Crippen LogP contribution in [0.25, 0.3) is 0 Å². The second-order valence-corrected chi connectivity index (χ2v) is 7.54. The van der Waals surface area contributed by atoms with Gasteiger partial charge < -0.3 is 9.42 Å². The number of rotatable bonds is 5. The number of hydrogen-bond donors (Lipinski definition) is 0. The maximum absolute atomic E-state index is 12.7. The summed E-state index contributed by atoms with van der Waals surface area (Å²) in [5, 5.41) is 4.10. The molecule has 1 aliphatic carbocycles. The van der Waals surface area contributed by atoms with Crippen LogP contribution in [-0.2, 0) is 17.6 Å². The topological polar surface area (TPSA) is 59.2 Å². The molecule has 2 heterocycles. The zero-order chi connectivity index (χ0) is 17.2. The summed E-state index contributed by atoms with van der Waals surface area (Å²) >= 11 is 0. The number of nitrogens with zero attached hydrogens (tertiary/aromatic N) is 3. The summed E-state index contributed by atoms with van der Waals surface area (Å²) in [5.41, 5.74) is 2.29. The molecule has 1 unspecified atom stereocenters. The lowest BCUT2D eigenvalue weighted by Crippen LogP contribution is -2.41. The van der Waals surface area contributed by atoms with E-state index in [4.69, 9.17) is 4.52 Å². The highest BCUT2D eigenvalue weighted by atomic mass is 16.5. The van der Waals surface area contributed by atoms with Gasteiger partial charge in [-0.25, -0.2) is 0 Å². The summed E-state index contributed by atoms with van der Waals surface area (Å²) < 4.78 is 5.41. The van der Waals surface area contributed by atoms with Crippen molar-refractivity contribution in [3.63, 3.8) is 0 Å². The van der Waals surface area contributed by atoms with Crippen molar-refractivity contribution >= 4 is 5.91 Å². The fourth-order valence-corrected chi connectivity index (χ4v) is 3.67. The molecule has 132 valence electrons. The molecule has 5 heteroatoms. The Bertz CT molecular complexity index is 751. The van der Waals surface area contributed by atoms with E-state index in [1.807, 2.05) is 17.0 Å². The lowest BCUT2D eigenvalue weighted by molar-refractivity contribution is -0.132. The number of amides is 1. The molecule has 1 aromatic heterocycles. The van der Waals surface area contributed by atoms with Gasteiger partial charge in [0.2, 0.25) is 11.8 Å². The Balaban J connectivity index is 1.34. The molecule has 25 heavy (non-hydrogen) atoms. The average molecular weight is 339 g/mol. The van der Waals surface area contributed by atoms with E-state index in [1.54, 1.807) is 0 Å². The van der Waals surface area contributed by atoms with E-state index >= 15 is 0 Å². The maximum atomic E-state index is 12.7. The molecule has 1 amide bonds. The van der Waals surface area contributed by atoms with Crippen molar-refractivity contribution in [1.29, 1.82) is 0 Å². The Kier molecular flexibility index (Phi) is 4.55. The molecule has 0 radical (unpaired) electrons. The highest BCUT2D eigenvalue weighted by Gasteiger charge is 2.30. The number of benzene rings is 1. The Labute approximate surface area is 148 Å². The lowest BCUT2D eigenvalue weighted by Gasteiger charge is -2.32. The molecule has 4 rings (SSSR count). The van der Waals surface area contributed by atoms with E-state index in [0.717, 1.165) is 49.6 Å². The number of aromatic nitrogens is 2. The summed E-state index contributed by atoms with van der Waals surface area (Å²) in [7, 11) is 0. The molecule has 5 nitrogen and oxygen atoms in total. The van der Waals surface area contributed by atoms with Gasteiger partial charge in [-0.15, -0.1) is 0 Å². The summed E-state index contributed by atoms with van der Waals surface area (Å²) in [5.74, 6) is 2.77. The second-order valence-electron chi connectivity index (χ2n) is 7.54. The highest BCUT2D eigenvalue weighted by molar-refractivity contribution is 5.78. The highest BCUT2D eigenvalue weighted by Crippen LogP contribution is 2.38. The predicted octanol–water partition coefficient (Wildman–Crippen LogP) is 3.28. The SMILES string of the molecule is Cc1cccc(CC(=O)N2CCCC(Cc3nc(C4CC4)no3)C2)c1. The molecule has 1 saturated carbocycles. The van der Waals surface area contributed by atoms with E-state index in [9.17, 15) is 4.79 Å². The van der Waals surface area contributed by atoms with Crippen LogP contribution in [0.1, 0.15) is 54.4 Å². The van der Waals surface area contributed by atoms with Gasteiger partial charge >= 0.3 is 0 Å². The molecule has 0 spiro atoms. The van der Waals surface area contributed by atoms with Crippen molar-refractivity contribution in [3.8, 4) is 0 Å². The van der Waals surface area contributed by atoms with Gasteiger partial charge in [0, 0.05) is 25.4 Å². The standard InChI is InChI=1S/C20H25N3O2/c1-14-4-2-5-15(10-14)12-19(24)23-9-3-6-16(13-23)11-18-21-20(22-25-18)17-7-8-17/h2,4-5,10,16-17H,3,6-9,11-13H2,1H3. The van der Waals surface area contributed by atoms with Crippen LogP contribution >= 0.6 is 0 Å². The van der Waals surface area contributed by atoms with Gasteiger partial charge in [-0.2, -0.15) is 4.98 Å². The van der Waals surface area contributed by atoms with Crippen LogP contribution in [0.4, 0.5) is 0 Å². The van der Waals surface area contributed by atoms with Crippen molar-refractivity contribution in [2.24, 2.45) is 5.92 Å². The first-order chi connectivity index (χ1) is 12.2. The van der Waals surface area contributed by atoms with Crippen LogP contribution in [0.2, 0.25) is 0 Å². The van der Waals surface area contributed by atoms with Crippen LogP contribution in [0.5, 0.6) is 0 Å². The second kappa shape index (κ2) is 6.98. The summed E-state index contributed by atoms with van der Waals surface area (Å²) in [4.78, 5) is 19.2. The monoisotopic (exact) mass is 339 g/mol. The molecule has 1 aliphatic heterocycles. The minimum Gasteiger partial charge on any atom is -0.342 e. The Morgan fingerprint density at radius 3 is 3.00 bits per heavy atom. The largest absolute Gasteiger partial charge is 0.342 e. The molecule has 0 N–H and O–H groups in total. The first kappa shape index (κ1) is 16.3. The zero-order valence-corrected chi connectivity index (χ0v) is 14.8. The number of carbonyl (C=O) groups excluding carboxylic acids is 1. The van der Waals surface area contributed by atoms with Crippen LogP contribution in [0, 0.1) is 12.8 Å². The van der Waals surface area contributed by atoms with E-state index in [-0.39, 0.29) is 5.91 Å². The molecule has 1 saturated heterocycles. The number of aryl methyl sites for hydroxylation is 1. The van der Waals surface area contributed by atoms with Gasteiger partial charge in [-0.3, -0.25) is 4.79 Å². The Hall–Kier alpha value is -2.17. The minimum absolute atomic E-state index is 0.222. The molecule has 0 bridgehead atoms. The van der Waals surface area contributed by atoms with Crippen molar-refractivity contribution in [3.05, 3.63) is 47.1 Å². The summed E-state index contributed by atoms with van der Waals surface area (Å²) in [6.07, 6.45) is 5.81. The van der Waals surface area contributed by atoms with E-state index in [2.05, 4.69) is 29.2 Å². The Morgan fingerprint density at radius 1 is 1.32 bits per heavy atom. The molecule has 2 aliphatic rings. The normalized spacial score (nSPS) is 20.7. The smallest absolute Gasteiger partial charge is 0.226 e. The van der Waals surface area contributed by atoms with E-state index in [0.29, 0.717) is 18.3 Å². The Morgan fingerprint density at radius 2 is 2.20 bits per heavy atom. The third kappa shape index (κ3) is 4.09. The quantitative estimate of drug-likeness (QED) is 0.839. The fourth-order valence-electron chi connectivity index (χ4n) is 3.67. The average Bonchev–Trinajstić information content (AvgIpc) is 3.35. The summed E-state index contributed by atoms with van der Waals surface area (Å²) in [6, 6.07) is 8.20. The molecule has 1 atom stereocenters. The third-order valence-electron chi connectivity index (χ3n) is 5.20. The van der Waals surface area contributed by atoms with E-state index < -0.39 is 0 Å². The van der Waals surface area contributed by atoms with Gasteiger partial charge in [0.05, 0.1) is 6.42 Å². The fraction of sp³-hybridized carbons (Fsp3) is 0.550. The lowest BCUT2D eigenvalue weighted by atomic mass is 9.94. The van der Waals surface area contributed by atoms with Crippen molar-refractivity contribution in [1.82, 2.24) is 15.0 Å². The first-order valence-corrected chi connectivity index (χ1v) is 9.33. The van der Waals surface area contributed by atoms with Crippen molar-refractivity contribution in [2.45, 2.75) is 51.4 Å². The van der Waals surface area contributed by atoms with Crippen molar-refractivity contribution in [2.75, 3.05) is 13.1 Å². The molecule has 1 aromatic carbocycles. The molecule has 2 aromatic rings. The number of piperidine rings is 1. The number of carbonyl (C=O) groups is 1. The zero-order valence-electron chi connectivity index (χ0n) is 14.8. The van der Waals surface area contributed by atoms with Crippen LogP contribution in [0.3, 0.4) is 0 Å². The van der Waals surface area contributed by atoms with Gasteiger partial charge in [0.15, 0.2) is 5.82 Å². The molecular weight excluding hydrogens is 314 g/mol. The van der Waals surface area contributed by atoms with Gasteiger partial charge in [0.1, 0.15) is 0 Å². The van der Waals surface area contributed by atoms with E-state index in [1.165, 1.54) is 18.4 Å². The maximum Gasteiger partial charge on any atom is 0.226 e. The minimum atomic E-state index is 0.222. The van der Waals surface area contributed by atoms with Gasteiger partial charge in [-0.1, -0.05) is 35.0 Å².